The van der Waals surface area contributed by atoms with Gasteiger partial charge in [-0.25, -0.2) is 0 Å². The highest BCUT2D eigenvalue weighted by Gasteiger charge is 2.05. The Bertz CT molecular complexity index is 314. The van der Waals surface area contributed by atoms with Crippen LogP contribution in [0.1, 0.15) is 43.5 Å². The summed E-state index contributed by atoms with van der Waals surface area (Å²) < 4.78 is 1.02. The van der Waals surface area contributed by atoms with Crippen molar-refractivity contribution in [3.63, 3.8) is 0 Å². The molecule has 0 N–H and O–H groups in total. The Labute approximate surface area is 100 Å². The Hall–Kier alpha value is -0.630. The fourth-order valence-electron chi connectivity index (χ4n) is 1.45. The van der Waals surface area contributed by atoms with Crippen LogP contribution in [0.15, 0.2) is 28.7 Å². The van der Waals surface area contributed by atoms with Crippen LogP contribution in [0.3, 0.4) is 0 Å². The van der Waals surface area contributed by atoms with Gasteiger partial charge in [0.15, 0.2) is 5.78 Å². The van der Waals surface area contributed by atoms with Crippen molar-refractivity contribution in [2.24, 2.45) is 5.92 Å². The summed E-state index contributed by atoms with van der Waals surface area (Å²) in [5.74, 6) is 0.936. The molecule has 1 aromatic rings. The van der Waals surface area contributed by atoms with E-state index in [1.807, 2.05) is 24.3 Å². The molecule has 0 aliphatic heterocycles. The Balaban J connectivity index is 2.43. The fourth-order valence-corrected chi connectivity index (χ4v) is 1.72. The van der Waals surface area contributed by atoms with E-state index in [0.29, 0.717) is 12.3 Å². The number of benzene rings is 1. The second-order valence-electron chi connectivity index (χ2n) is 4.22. The average Bonchev–Trinajstić information content (AvgIpc) is 2.18. The molecule has 0 heterocycles. The summed E-state index contributed by atoms with van der Waals surface area (Å²) in [6, 6.07) is 7.58. The standard InChI is InChI=1S/C13H17BrO/c1-10(2)4-3-5-13(15)11-6-8-12(14)9-7-11/h6-10H,3-5H2,1-2H3. The molecule has 0 saturated carbocycles. The number of carbonyl (C=O) groups excluding carboxylic acids is 1. The minimum Gasteiger partial charge on any atom is -0.294 e. The number of Topliss-reactive ketones (excluding diaryl/α,β-unsaturated/α-hetero) is 1. The van der Waals surface area contributed by atoms with Crippen molar-refractivity contribution in [2.75, 3.05) is 0 Å². The Morgan fingerprint density at radius 1 is 1.27 bits per heavy atom. The summed E-state index contributed by atoms with van der Waals surface area (Å²) in [6.45, 7) is 4.37. The van der Waals surface area contributed by atoms with Gasteiger partial charge < -0.3 is 0 Å². The second-order valence-corrected chi connectivity index (χ2v) is 5.13. The smallest absolute Gasteiger partial charge is 0.162 e. The van der Waals surface area contributed by atoms with E-state index in [0.717, 1.165) is 22.9 Å². The molecule has 1 rings (SSSR count). The van der Waals surface area contributed by atoms with Gasteiger partial charge in [-0.3, -0.25) is 4.79 Å². The van der Waals surface area contributed by atoms with Crippen LogP contribution < -0.4 is 0 Å². The van der Waals surface area contributed by atoms with Gasteiger partial charge in [0.05, 0.1) is 0 Å². The van der Waals surface area contributed by atoms with E-state index in [-0.39, 0.29) is 5.78 Å². The molecule has 0 aliphatic rings. The Kier molecular flexibility index (Phi) is 5.03. The van der Waals surface area contributed by atoms with Crippen LogP contribution in [-0.2, 0) is 0 Å². The van der Waals surface area contributed by atoms with Gasteiger partial charge in [0.1, 0.15) is 0 Å². The third-order valence-corrected chi connectivity index (χ3v) is 2.88. The molecule has 0 bridgehead atoms. The fraction of sp³-hybridized carbons (Fsp3) is 0.462. The maximum atomic E-state index is 11.7. The molecule has 1 nitrogen and oxygen atoms in total. The third kappa shape index (κ3) is 4.61. The Morgan fingerprint density at radius 3 is 2.40 bits per heavy atom. The lowest BCUT2D eigenvalue weighted by Gasteiger charge is -2.04. The monoisotopic (exact) mass is 268 g/mol. The van der Waals surface area contributed by atoms with Crippen molar-refractivity contribution < 1.29 is 4.79 Å². The number of carbonyl (C=O) groups is 1. The molecule has 0 unspecified atom stereocenters. The molecule has 82 valence electrons. The number of ketones is 1. The summed E-state index contributed by atoms with van der Waals surface area (Å²) in [6.07, 6.45) is 2.79. The zero-order chi connectivity index (χ0) is 11.3. The first kappa shape index (κ1) is 12.4. The van der Waals surface area contributed by atoms with Gasteiger partial charge in [-0.2, -0.15) is 0 Å². The molecule has 0 amide bonds. The van der Waals surface area contributed by atoms with Gasteiger partial charge in [0, 0.05) is 16.5 Å². The first-order chi connectivity index (χ1) is 7.09. The van der Waals surface area contributed by atoms with Gasteiger partial charge in [-0.05, 0) is 24.5 Å². The maximum Gasteiger partial charge on any atom is 0.162 e. The lowest BCUT2D eigenvalue weighted by Crippen LogP contribution is -1.99. The molecule has 0 fully saturated rings. The van der Waals surface area contributed by atoms with E-state index in [9.17, 15) is 4.79 Å². The number of halogens is 1. The zero-order valence-electron chi connectivity index (χ0n) is 9.29. The van der Waals surface area contributed by atoms with Crippen molar-refractivity contribution in [3.05, 3.63) is 34.3 Å². The highest BCUT2D eigenvalue weighted by molar-refractivity contribution is 9.10. The van der Waals surface area contributed by atoms with E-state index in [4.69, 9.17) is 0 Å². The quantitative estimate of drug-likeness (QED) is 0.721. The van der Waals surface area contributed by atoms with E-state index < -0.39 is 0 Å². The summed E-state index contributed by atoms with van der Waals surface area (Å²) in [7, 11) is 0. The van der Waals surface area contributed by atoms with Gasteiger partial charge in [-0.15, -0.1) is 0 Å². The summed E-state index contributed by atoms with van der Waals surface area (Å²) >= 11 is 3.35. The molecule has 1 aromatic carbocycles. The van der Waals surface area contributed by atoms with E-state index >= 15 is 0 Å². The largest absolute Gasteiger partial charge is 0.294 e. The Morgan fingerprint density at radius 2 is 1.87 bits per heavy atom. The molecular formula is C13H17BrO. The van der Waals surface area contributed by atoms with Crippen LogP contribution in [0.5, 0.6) is 0 Å². The van der Waals surface area contributed by atoms with E-state index in [1.54, 1.807) is 0 Å². The maximum absolute atomic E-state index is 11.7. The first-order valence-corrected chi connectivity index (χ1v) is 6.17. The van der Waals surface area contributed by atoms with Gasteiger partial charge in [0.2, 0.25) is 0 Å². The normalized spacial score (nSPS) is 10.7. The minimum absolute atomic E-state index is 0.253. The van der Waals surface area contributed by atoms with Gasteiger partial charge >= 0.3 is 0 Å². The summed E-state index contributed by atoms with van der Waals surface area (Å²) in [5.41, 5.74) is 0.821. The van der Waals surface area contributed by atoms with Crippen LogP contribution in [0.2, 0.25) is 0 Å². The predicted octanol–water partition coefficient (Wildman–Crippen LogP) is 4.46. The van der Waals surface area contributed by atoms with Crippen molar-refractivity contribution in [1.29, 1.82) is 0 Å². The molecular weight excluding hydrogens is 252 g/mol. The molecule has 0 saturated heterocycles. The molecule has 0 radical (unpaired) electrons. The van der Waals surface area contributed by atoms with Gasteiger partial charge in [-0.1, -0.05) is 48.3 Å². The van der Waals surface area contributed by atoms with Crippen LogP contribution in [0, 0.1) is 5.92 Å². The molecule has 0 spiro atoms. The zero-order valence-corrected chi connectivity index (χ0v) is 10.9. The number of hydrogen-bond donors (Lipinski definition) is 0. The summed E-state index contributed by atoms with van der Waals surface area (Å²) in [4.78, 5) is 11.7. The van der Waals surface area contributed by atoms with Crippen LogP contribution in [-0.4, -0.2) is 5.78 Å². The average molecular weight is 269 g/mol. The minimum atomic E-state index is 0.253. The number of hydrogen-bond acceptors (Lipinski definition) is 1. The van der Waals surface area contributed by atoms with Gasteiger partial charge in [0.25, 0.3) is 0 Å². The number of rotatable bonds is 5. The molecule has 2 heteroatoms. The SMILES string of the molecule is CC(C)CCCC(=O)c1ccc(Br)cc1. The molecule has 0 aromatic heterocycles. The second kappa shape index (κ2) is 6.06. The highest BCUT2D eigenvalue weighted by atomic mass is 79.9. The first-order valence-electron chi connectivity index (χ1n) is 5.38. The van der Waals surface area contributed by atoms with Crippen molar-refractivity contribution >= 4 is 21.7 Å². The van der Waals surface area contributed by atoms with Crippen molar-refractivity contribution in [1.82, 2.24) is 0 Å². The van der Waals surface area contributed by atoms with E-state index in [1.165, 1.54) is 0 Å². The molecule has 0 aliphatic carbocycles. The van der Waals surface area contributed by atoms with Crippen LogP contribution in [0.4, 0.5) is 0 Å². The van der Waals surface area contributed by atoms with E-state index in [2.05, 4.69) is 29.8 Å². The lowest BCUT2D eigenvalue weighted by atomic mass is 10.0. The van der Waals surface area contributed by atoms with Crippen molar-refractivity contribution in [2.45, 2.75) is 33.1 Å². The third-order valence-electron chi connectivity index (χ3n) is 2.35. The van der Waals surface area contributed by atoms with Crippen LogP contribution in [0.25, 0.3) is 0 Å². The lowest BCUT2D eigenvalue weighted by molar-refractivity contribution is 0.0978. The molecule has 0 atom stereocenters. The van der Waals surface area contributed by atoms with Crippen molar-refractivity contribution in [3.8, 4) is 0 Å². The van der Waals surface area contributed by atoms with Crippen LogP contribution >= 0.6 is 15.9 Å². The topological polar surface area (TPSA) is 17.1 Å². The summed E-state index contributed by atoms with van der Waals surface area (Å²) in [5, 5.41) is 0. The highest BCUT2D eigenvalue weighted by Crippen LogP contribution is 2.14. The molecule has 15 heavy (non-hydrogen) atoms. The predicted molar refractivity (Wildman–Crippen MR) is 67.2 cm³/mol.